The van der Waals surface area contributed by atoms with Crippen molar-refractivity contribution in [1.82, 2.24) is 15.2 Å². The SMILES string of the molecule is CN(C)c1cc2cnc(C(=O)NC3CN4CCC3CC4)cc2o1. The predicted molar refractivity (Wildman–Crippen MR) is 88.8 cm³/mol. The second kappa shape index (κ2) is 5.53. The quantitative estimate of drug-likeness (QED) is 0.934. The molecule has 6 heteroatoms. The van der Waals surface area contributed by atoms with Crippen LogP contribution < -0.4 is 10.2 Å². The molecule has 0 saturated carbocycles. The Morgan fingerprint density at radius 3 is 2.78 bits per heavy atom. The van der Waals surface area contributed by atoms with Crippen LogP contribution in [0.15, 0.2) is 22.7 Å². The van der Waals surface area contributed by atoms with Gasteiger partial charge in [0, 0.05) is 50.4 Å². The van der Waals surface area contributed by atoms with Crippen LogP contribution in [-0.4, -0.2) is 55.6 Å². The Balaban J connectivity index is 1.52. The van der Waals surface area contributed by atoms with Crippen molar-refractivity contribution in [1.29, 1.82) is 0 Å². The van der Waals surface area contributed by atoms with E-state index in [1.165, 1.54) is 25.9 Å². The third-order valence-electron chi connectivity index (χ3n) is 5.03. The van der Waals surface area contributed by atoms with Gasteiger partial charge in [-0.3, -0.25) is 9.78 Å². The van der Waals surface area contributed by atoms with Gasteiger partial charge in [0.25, 0.3) is 5.91 Å². The maximum Gasteiger partial charge on any atom is 0.270 e. The van der Waals surface area contributed by atoms with Crippen LogP contribution in [0.2, 0.25) is 0 Å². The fourth-order valence-electron chi connectivity index (χ4n) is 3.63. The van der Waals surface area contributed by atoms with Gasteiger partial charge in [0.1, 0.15) is 11.3 Å². The third kappa shape index (κ3) is 2.67. The molecular formula is C17H22N4O2. The monoisotopic (exact) mass is 314 g/mol. The van der Waals surface area contributed by atoms with E-state index < -0.39 is 0 Å². The summed E-state index contributed by atoms with van der Waals surface area (Å²) in [6.07, 6.45) is 4.07. The molecule has 3 fully saturated rings. The van der Waals surface area contributed by atoms with Crippen LogP contribution in [0.3, 0.4) is 0 Å². The summed E-state index contributed by atoms with van der Waals surface area (Å²) in [5, 5.41) is 4.08. The molecule has 1 unspecified atom stereocenters. The van der Waals surface area contributed by atoms with Gasteiger partial charge >= 0.3 is 0 Å². The van der Waals surface area contributed by atoms with E-state index in [0.29, 0.717) is 17.2 Å². The molecule has 5 heterocycles. The minimum atomic E-state index is -0.103. The molecular weight excluding hydrogens is 292 g/mol. The summed E-state index contributed by atoms with van der Waals surface area (Å²) in [5.74, 6) is 1.27. The number of fused-ring (bicyclic) bond motifs is 4. The summed E-state index contributed by atoms with van der Waals surface area (Å²) < 4.78 is 5.76. The van der Waals surface area contributed by atoms with Crippen molar-refractivity contribution in [2.75, 3.05) is 38.6 Å². The van der Waals surface area contributed by atoms with Gasteiger partial charge in [0.15, 0.2) is 5.88 Å². The molecule has 1 amide bonds. The summed E-state index contributed by atoms with van der Waals surface area (Å²) >= 11 is 0. The van der Waals surface area contributed by atoms with Gasteiger partial charge in [0.2, 0.25) is 0 Å². The first-order valence-electron chi connectivity index (χ1n) is 8.20. The molecule has 0 radical (unpaired) electrons. The summed E-state index contributed by atoms with van der Waals surface area (Å²) in [6.45, 7) is 3.30. The highest BCUT2D eigenvalue weighted by Crippen LogP contribution is 2.28. The number of rotatable bonds is 3. The van der Waals surface area contributed by atoms with Gasteiger partial charge in [-0.15, -0.1) is 0 Å². The molecule has 122 valence electrons. The van der Waals surface area contributed by atoms with Gasteiger partial charge < -0.3 is 19.5 Å². The highest BCUT2D eigenvalue weighted by molar-refractivity contribution is 5.95. The largest absolute Gasteiger partial charge is 0.440 e. The lowest BCUT2D eigenvalue weighted by Gasteiger charge is -2.44. The van der Waals surface area contributed by atoms with E-state index in [1.54, 1.807) is 12.3 Å². The molecule has 1 atom stereocenters. The second-order valence-corrected chi connectivity index (χ2v) is 6.80. The van der Waals surface area contributed by atoms with Crippen molar-refractivity contribution in [3.05, 3.63) is 24.0 Å². The summed E-state index contributed by atoms with van der Waals surface area (Å²) in [6, 6.07) is 3.91. The fourth-order valence-corrected chi connectivity index (χ4v) is 3.63. The number of carbonyl (C=O) groups is 1. The number of piperidine rings is 3. The van der Waals surface area contributed by atoms with E-state index in [-0.39, 0.29) is 11.9 Å². The Morgan fingerprint density at radius 2 is 2.13 bits per heavy atom. The molecule has 5 rings (SSSR count). The lowest BCUT2D eigenvalue weighted by molar-refractivity contribution is 0.0618. The van der Waals surface area contributed by atoms with E-state index in [2.05, 4.69) is 15.2 Å². The highest BCUT2D eigenvalue weighted by Gasteiger charge is 2.35. The maximum atomic E-state index is 12.5. The van der Waals surface area contributed by atoms with Gasteiger partial charge in [0.05, 0.1) is 0 Å². The Kier molecular flexibility index (Phi) is 3.49. The molecule has 3 aliphatic rings. The van der Waals surface area contributed by atoms with Crippen molar-refractivity contribution in [3.8, 4) is 0 Å². The molecule has 1 N–H and O–H groups in total. The van der Waals surface area contributed by atoms with Crippen LogP contribution in [0.4, 0.5) is 5.88 Å². The first-order chi connectivity index (χ1) is 11.1. The smallest absolute Gasteiger partial charge is 0.270 e. The van der Waals surface area contributed by atoms with E-state index in [4.69, 9.17) is 4.42 Å². The molecule has 3 aliphatic heterocycles. The van der Waals surface area contributed by atoms with Crippen LogP contribution in [0.5, 0.6) is 0 Å². The number of carbonyl (C=O) groups excluding carboxylic acids is 1. The second-order valence-electron chi connectivity index (χ2n) is 6.80. The van der Waals surface area contributed by atoms with E-state index in [9.17, 15) is 4.79 Å². The highest BCUT2D eigenvalue weighted by atomic mass is 16.4. The first kappa shape index (κ1) is 14.5. The number of hydrogen-bond acceptors (Lipinski definition) is 5. The minimum absolute atomic E-state index is 0.103. The van der Waals surface area contributed by atoms with Gasteiger partial charge in [-0.25, -0.2) is 0 Å². The molecule has 2 bridgehead atoms. The summed E-state index contributed by atoms with van der Waals surface area (Å²) in [4.78, 5) is 21.2. The Morgan fingerprint density at radius 1 is 1.35 bits per heavy atom. The zero-order valence-electron chi connectivity index (χ0n) is 13.6. The average molecular weight is 314 g/mol. The van der Waals surface area contributed by atoms with Gasteiger partial charge in [-0.2, -0.15) is 0 Å². The van der Waals surface area contributed by atoms with Crippen LogP contribution in [0, 0.1) is 5.92 Å². The number of amides is 1. The van der Waals surface area contributed by atoms with Crippen LogP contribution in [-0.2, 0) is 0 Å². The molecule has 0 aromatic carbocycles. The van der Waals surface area contributed by atoms with Gasteiger partial charge in [-0.05, 0) is 31.8 Å². The number of pyridine rings is 1. The normalized spacial score (nSPS) is 26.4. The molecule has 2 aromatic rings. The molecule has 0 aliphatic carbocycles. The number of furan rings is 1. The standard InChI is InChI=1S/C17H22N4O2/c1-20(2)16-7-12-9-18-13(8-15(12)23-16)17(22)19-14-10-21-5-3-11(14)4-6-21/h7-9,11,14H,3-6,10H2,1-2H3,(H,19,22). The number of aromatic nitrogens is 1. The average Bonchev–Trinajstić information content (AvgIpc) is 2.99. The topological polar surface area (TPSA) is 61.6 Å². The van der Waals surface area contributed by atoms with Crippen molar-refractivity contribution in [3.63, 3.8) is 0 Å². The first-order valence-corrected chi connectivity index (χ1v) is 8.20. The molecule has 2 aromatic heterocycles. The van der Waals surface area contributed by atoms with Gasteiger partial charge in [-0.1, -0.05) is 0 Å². The third-order valence-corrected chi connectivity index (χ3v) is 5.03. The van der Waals surface area contributed by atoms with E-state index >= 15 is 0 Å². The number of hydrogen-bond donors (Lipinski definition) is 1. The van der Waals surface area contributed by atoms with Crippen LogP contribution >= 0.6 is 0 Å². The van der Waals surface area contributed by atoms with E-state index in [0.717, 1.165) is 17.8 Å². The lowest BCUT2D eigenvalue weighted by Crippen LogP contribution is -2.57. The molecule has 0 spiro atoms. The summed E-state index contributed by atoms with van der Waals surface area (Å²) in [5.41, 5.74) is 1.12. The fraction of sp³-hybridized carbons (Fsp3) is 0.529. The molecule has 6 nitrogen and oxygen atoms in total. The van der Waals surface area contributed by atoms with Crippen molar-refractivity contribution in [2.24, 2.45) is 5.92 Å². The number of nitrogens with zero attached hydrogens (tertiary/aromatic N) is 3. The summed E-state index contributed by atoms with van der Waals surface area (Å²) in [7, 11) is 3.85. The number of anilines is 1. The Bertz CT molecular complexity index is 731. The van der Waals surface area contributed by atoms with Crippen molar-refractivity contribution < 1.29 is 9.21 Å². The Labute approximate surface area is 135 Å². The van der Waals surface area contributed by atoms with E-state index in [1.807, 2.05) is 25.1 Å². The zero-order valence-corrected chi connectivity index (χ0v) is 13.6. The predicted octanol–water partition coefficient (Wildman–Crippen LogP) is 1.72. The van der Waals surface area contributed by atoms with Crippen molar-refractivity contribution in [2.45, 2.75) is 18.9 Å². The maximum absolute atomic E-state index is 12.5. The minimum Gasteiger partial charge on any atom is -0.440 e. The van der Waals surface area contributed by atoms with Crippen LogP contribution in [0.1, 0.15) is 23.3 Å². The zero-order chi connectivity index (χ0) is 16.0. The van der Waals surface area contributed by atoms with Crippen molar-refractivity contribution >= 4 is 22.8 Å². The molecule has 3 saturated heterocycles. The Hall–Kier alpha value is -2.08. The molecule has 23 heavy (non-hydrogen) atoms. The lowest BCUT2D eigenvalue weighted by atomic mass is 9.84. The van der Waals surface area contributed by atoms with Crippen LogP contribution in [0.25, 0.3) is 11.0 Å². The number of nitrogens with one attached hydrogen (secondary N) is 1.